The zero-order valence-corrected chi connectivity index (χ0v) is 22.9. The second-order valence-corrected chi connectivity index (χ2v) is 9.28. The lowest BCUT2D eigenvalue weighted by molar-refractivity contribution is -0.152. The van der Waals surface area contributed by atoms with Crippen LogP contribution in [0.3, 0.4) is 0 Å². The summed E-state index contributed by atoms with van der Waals surface area (Å²) in [5, 5.41) is 59.4. The quantitative estimate of drug-likeness (QED) is 0.0531. The monoisotopic (exact) mass is 606 g/mol. The van der Waals surface area contributed by atoms with Crippen LogP contribution in [0.5, 0.6) is 0 Å². The standard InChI is InChI=1S/C24H38N4O14/c29-17(25-9-3-1-5-15(23(39)40)27(11-19(31)32)12-20(33)34)7-8-18(30)26-10-4-2-6-16(24(41)42)28(13-21(35)36)14-22(37)38/h15-16H,1-14H2,(H,25,29)(H,26,30)(H,31,32)(H,33,34)(H,35,36)(H,37,38)(H,39,40)(H,41,42). The molecule has 18 heteroatoms. The molecule has 0 bridgehead atoms. The number of nitrogens with one attached hydrogen (secondary N) is 2. The van der Waals surface area contributed by atoms with Crippen molar-refractivity contribution in [1.29, 1.82) is 0 Å². The molecule has 0 fully saturated rings. The molecule has 0 aromatic rings. The maximum atomic E-state index is 12.0. The van der Waals surface area contributed by atoms with E-state index in [-0.39, 0.29) is 51.6 Å². The third-order valence-electron chi connectivity index (χ3n) is 5.84. The molecule has 0 saturated heterocycles. The highest BCUT2D eigenvalue weighted by Crippen LogP contribution is 2.11. The van der Waals surface area contributed by atoms with Gasteiger partial charge in [0, 0.05) is 25.9 Å². The Bertz CT molecular complexity index is 865. The smallest absolute Gasteiger partial charge is 0.320 e. The highest BCUT2D eigenvalue weighted by atomic mass is 16.4. The molecule has 0 aromatic carbocycles. The SMILES string of the molecule is O=C(O)CN(CC(=O)O)C(CCCCNC(=O)CCC(=O)NCCCCC(C(=O)O)N(CC(=O)O)CC(=O)O)C(=O)O. The number of nitrogens with zero attached hydrogens (tertiary/aromatic N) is 2. The minimum atomic E-state index is -1.37. The Labute approximate surface area is 240 Å². The fourth-order valence-corrected chi connectivity index (χ4v) is 3.96. The van der Waals surface area contributed by atoms with Crippen molar-refractivity contribution in [1.82, 2.24) is 20.4 Å². The zero-order valence-electron chi connectivity index (χ0n) is 22.9. The van der Waals surface area contributed by atoms with Crippen LogP contribution in [-0.4, -0.2) is 139 Å². The summed E-state index contributed by atoms with van der Waals surface area (Å²) in [6, 6.07) is -2.67. The van der Waals surface area contributed by atoms with Crippen LogP contribution in [-0.2, 0) is 38.4 Å². The lowest BCUT2D eigenvalue weighted by Crippen LogP contribution is -2.46. The maximum Gasteiger partial charge on any atom is 0.320 e. The van der Waals surface area contributed by atoms with Crippen molar-refractivity contribution in [3.63, 3.8) is 0 Å². The fourth-order valence-electron chi connectivity index (χ4n) is 3.96. The third-order valence-corrected chi connectivity index (χ3v) is 5.84. The van der Waals surface area contributed by atoms with Crippen molar-refractivity contribution in [2.45, 2.75) is 63.5 Å². The van der Waals surface area contributed by atoms with E-state index < -0.39 is 85.9 Å². The molecule has 2 amide bonds. The number of hydrogen-bond acceptors (Lipinski definition) is 10. The van der Waals surface area contributed by atoms with E-state index in [1.807, 2.05) is 0 Å². The van der Waals surface area contributed by atoms with Gasteiger partial charge in [0.1, 0.15) is 12.1 Å². The lowest BCUT2D eigenvalue weighted by atomic mass is 10.1. The van der Waals surface area contributed by atoms with Gasteiger partial charge in [0.25, 0.3) is 0 Å². The number of hydrogen-bond donors (Lipinski definition) is 8. The average Bonchev–Trinajstić information content (AvgIpc) is 2.84. The van der Waals surface area contributed by atoms with Crippen LogP contribution >= 0.6 is 0 Å². The Hall–Kier alpha value is -4.32. The van der Waals surface area contributed by atoms with Crippen molar-refractivity contribution in [3.05, 3.63) is 0 Å². The van der Waals surface area contributed by atoms with E-state index in [2.05, 4.69) is 10.6 Å². The number of amides is 2. The predicted molar refractivity (Wildman–Crippen MR) is 139 cm³/mol. The first-order valence-electron chi connectivity index (χ1n) is 13.0. The van der Waals surface area contributed by atoms with Crippen LogP contribution in [0.25, 0.3) is 0 Å². The molecule has 2 atom stereocenters. The number of unbranched alkanes of at least 4 members (excludes halogenated alkanes) is 2. The van der Waals surface area contributed by atoms with Gasteiger partial charge in [-0.05, 0) is 38.5 Å². The summed E-state index contributed by atoms with van der Waals surface area (Å²) < 4.78 is 0. The molecule has 0 aromatic heterocycles. The van der Waals surface area contributed by atoms with E-state index >= 15 is 0 Å². The van der Waals surface area contributed by atoms with E-state index in [4.69, 9.17) is 20.4 Å². The first-order chi connectivity index (χ1) is 19.6. The average molecular weight is 607 g/mol. The molecule has 238 valence electrons. The normalized spacial score (nSPS) is 12.3. The molecule has 0 aliphatic carbocycles. The molecular formula is C24H38N4O14. The van der Waals surface area contributed by atoms with E-state index in [1.165, 1.54) is 0 Å². The summed E-state index contributed by atoms with van der Waals surface area (Å²) >= 11 is 0. The van der Waals surface area contributed by atoms with Gasteiger partial charge in [-0.3, -0.25) is 48.2 Å². The molecule has 2 unspecified atom stereocenters. The molecule has 0 aliphatic rings. The van der Waals surface area contributed by atoms with E-state index in [0.29, 0.717) is 12.8 Å². The Balaban J connectivity index is 4.34. The largest absolute Gasteiger partial charge is 0.480 e. The second-order valence-electron chi connectivity index (χ2n) is 9.28. The third kappa shape index (κ3) is 18.1. The molecular weight excluding hydrogens is 568 g/mol. The summed E-state index contributed by atoms with van der Waals surface area (Å²) in [5.74, 6) is -9.11. The van der Waals surface area contributed by atoms with Gasteiger partial charge < -0.3 is 41.3 Å². The Morgan fingerprint density at radius 3 is 1.00 bits per heavy atom. The number of rotatable bonds is 25. The van der Waals surface area contributed by atoms with Crippen LogP contribution in [0.2, 0.25) is 0 Å². The van der Waals surface area contributed by atoms with E-state index in [0.717, 1.165) is 9.80 Å². The number of carboxylic acid groups (broad SMARTS) is 6. The van der Waals surface area contributed by atoms with E-state index in [9.17, 15) is 48.6 Å². The van der Waals surface area contributed by atoms with Crippen molar-refractivity contribution < 1.29 is 69.0 Å². The van der Waals surface area contributed by atoms with Crippen molar-refractivity contribution in [3.8, 4) is 0 Å². The lowest BCUT2D eigenvalue weighted by Gasteiger charge is -2.25. The van der Waals surface area contributed by atoms with Gasteiger partial charge in [-0.1, -0.05) is 0 Å². The van der Waals surface area contributed by atoms with Gasteiger partial charge in [0.15, 0.2) is 0 Å². The zero-order chi connectivity index (χ0) is 32.2. The Morgan fingerprint density at radius 2 is 0.762 bits per heavy atom. The molecule has 8 N–H and O–H groups in total. The molecule has 18 nitrogen and oxygen atoms in total. The first kappa shape index (κ1) is 37.7. The van der Waals surface area contributed by atoms with Gasteiger partial charge in [-0.2, -0.15) is 0 Å². The van der Waals surface area contributed by atoms with Crippen molar-refractivity contribution in [2.24, 2.45) is 0 Å². The van der Waals surface area contributed by atoms with Crippen molar-refractivity contribution >= 4 is 47.6 Å². The highest BCUT2D eigenvalue weighted by Gasteiger charge is 2.29. The molecule has 0 aliphatic heterocycles. The molecule has 0 spiro atoms. The summed E-state index contributed by atoms with van der Waals surface area (Å²) in [7, 11) is 0. The maximum absolute atomic E-state index is 12.0. The Kier molecular flexibility index (Phi) is 18.4. The predicted octanol–water partition coefficient (Wildman–Crippen LogP) is -1.81. The van der Waals surface area contributed by atoms with Gasteiger partial charge in [0.05, 0.1) is 26.2 Å². The second kappa shape index (κ2) is 20.5. The minimum absolute atomic E-state index is 0.0431. The van der Waals surface area contributed by atoms with Gasteiger partial charge in [-0.25, -0.2) is 0 Å². The van der Waals surface area contributed by atoms with Crippen molar-refractivity contribution in [2.75, 3.05) is 39.3 Å². The number of carbonyl (C=O) groups excluding carboxylic acids is 2. The molecule has 0 saturated carbocycles. The molecule has 0 heterocycles. The first-order valence-corrected chi connectivity index (χ1v) is 13.0. The molecule has 42 heavy (non-hydrogen) atoms. The Morgan fingerprint density at radius 1 is 0.476 bits per heavy atom. The van der Waals surface area contributed by atoms with Gasteiger partial charge in [0.2, 0.25) is 11.8 Å². The minimum Gasteiger partial charge on any atom is -0.480 e. The van der Waals surface area contributed by atoms with E-state index in [1.54, 1.807) is 0 Å². The van der Waals surface area contributed by atoms with Crippen LogP contribution in [0.15, 0.2) is 0 Å². The summed E-state index contributed by atoms with van der Waals surface area (Å²) in [6.45, 7) is -2.75. The van der Waals surface area contributed by atoms with Crippen LogP contribution in [0.1, 0.15) is 51.4 Å². The van der Waals surface area contributed by atoms with Gasteiger partial charge >= 0.3 is 35.8 Å². The number of aliphatic carboxylic acids is 6. The fraction of sp³-hybridized carbons (Fsp3) is 0.667. The summed E-state index contributed by atoms with van der Waals surface area (Å²) in [5.41, 5.74) is 0. The van der Waals surface area contributed by atoms with Crippen LogP contribution in [0, 0.1) is 0 Å². The van der Waals surface area contributed by atoms with Gasteiger partial charge in [-0.15, -0.1) is 0 Å². The van der Waals surface area contributed by atoms with Crippen LogP contribution < -0.4 is 10.6 Å². The molecule has 0 radical (unpaired) electrons. The number of carboxylic acids is 6. The van der Waals surface area contributed by atoms with Crippen LogP contribution in [0.4, 0.5) is 0 Å². The summed E-state index contributed by atoms with van der Waals surface area (Å²) in [4.78, 5) is 92.3. The summed E-state index contributed by atoms with van der Waals surface area (Å²) in [6.07, 6.45) is 0.773. The topological polar surface area (TPSA) is 288 Å². The molecule has 0 rings (SSSR count). The highest BCUT2D eigenvalue weighted by molar-refractivity contribution is 5.83. The number of carbonyl (C=O) groups is 8.